The van der Waals surface area contributed by atoms with Crippen molar-refractivity contribution in [3.63, 3.8) is 0 Å². The summed E-state index contributed by atoms with van der Waals surface area (Å²) in [6.07, 6.45) is 5.52. The Kier molecular flexibility index (Phi) is 5.04. The SMILES string of the molecule is CNCc1ccoc1COCC1CCCCO1. The van der Waals surface area contributed by atoms with E-state index in [-0.39, 0.29) is 6.10 Å². The smallest absolute Gasteiger partial charge is 0.133 e. The van der Waals surface area contributed by atoms with Gasteiger partial charge in [-0.05, 0) is 32.4 Å². The molecule has 1 aromatic heterocycles. The molecule has 1 N–H and O–H groups in total. The van der Waals surface area contributed by atoms with Crippen molar-refractivity contribution in [2.75, 3.05) is 20.3 Å². The fraction of sp³-hybridized carbons (Fsp3) is 0.692. The van der Waals surface area contributed by atoms with Crippen molar-refractivity contribution >= 4 is 0 Å². The van der Waals surface area contributed by atoms with Gasteiger partial charge in [0.2, 0.25) is 0 Å². The Morgan fingerprint density at radius 1 is 1.47 bits per heavy atom. The largest absolute Gasteiger partial charge is 0.467 e. The van der Waals surface area contributed by atoms with Crippen LogP contribution in [0.3, 0.4) is 0 Å². The van der Waals surface area contributed by atoms with Gasteiger partial charge in [0.15, 0.2) is 0 Å². The van der Waals surface area contributed by atoms with Gasteiger partial charge in [0.25, 0.3) is 0 Å². The van der Waals surface area contributed by atoms with E-state index < -0.39 is 0 Å². The Bertz CT molecular complexity index is 318. The summed E-state index contributed by atoms with van der Waals surface area (Å²) in [5, 5.41) is 3.11. The Balaban J connectivity index is 1.71. The van der Waals surface area contributed by atoms with E-state index in [4.69, 9.17) is 13.9 Å². The molecule has 2 heterocycles. The third-order valence-corrected chi connectivity index (χ3v) is 3.02. The minimum Gasteiger partial charge on any atom is -0.467 e. The van der Waals surface area contributed by atoms with Gasteiger partial charge in [-0.15, -0.1) is 0 Å². The molecule has 1 aliphatic rings. The summed E-state index contributed by atoms with van der Waals surface area (Å²) in [4.78, 5) is 0. The van der Waals surface area contributed by atoms with E-state index in [1.807, 2.05) is 13.1 Å². The van der Waals surface area contributed by atoms with Crippen molar-refractivity contribution in [3.8, 4) is 0 Å². The van der Waals surface area contributed by atoms with E-state index in [0.717, 1.165) is 30.9 Å². The molecule has 0 aliphatic carbocycles. The first kappa shape index (κ1) is 12.6. The molecule has 1 atom stereocenters. The molecule has 4 heteroatoms. The lowest BCUT2D eigenvalue weighted by atomic mass is 10.1. The highest BCUT2D eigenvalue weighted by Crippen LogP contribution is 2.15. The van der Waals surface area contributed by atoms with Crippen molar-refractivity contribution in [2.45, 2.75) is 38.5 Å². The summed E-state index contributed by atoms with van der Waals surface area (Å²) < 4.78 is 16.7. The maximum atomic E-state index is 5.66. The molecule has 0 saturated carbocycles. The topological polar surface area (TPSA) is 43.6 Å². The molecule has 0 spiro atoms. The van der Waals surface area contributed by atoms with Crippen LogP contribution in [0.15, 0.2) is 16.7 Å². The van der Waals surface area contributed by atoms with Crippen LogP contribution in [0.2, 0.25) is 0 Å². The number of rotatable bonds is 6. The second-order valence-corrected chi connectivity index (χ2v) is 4.40. The van der Waals surface area contributed by atoms with E-state index in [1.165, 1.54) is 12.8 Å². The minimum atomic E-state index is 0.270. The van der Waals surface area contributed by atoms with E-state index in [9.17, 15) is 0 Å². The van der Waals surface area contributed by atoms with Crippen LogP contribution < -0.4 is 5.32 Å². The summed E-state index contributed by atoms with van der Waals surface area (Å²) in [5.41, 5.74) is 1.16. The summed E-state index contributed by atoms with van der Waals surface area (Å²) in [5.74, 6) is 0.912. The summed E-state index contributed by atoms with van der Waals surface area (Å²) >= 11 is 0. The fourth-order valence-corrected chi connectivity index (χ4v) is 2.06. The fourth-order valence-electron chi connectivity index (χ4n) is 2.06. The van der Waals surface area contributed by atoms with Crippen molar-refractivity contribution < 1.29 is 13.9 Å². The molecular weight excluding hydrogens is 218 g/mol. The van der Waals surface area contributed by atoms with Crippen LogP contribution in [0.5, 0.6) is 0 Å². The lowest BCUT2D eigenvalue weighted by Crippen LogP contribution is -2.24. The Labute approximate surface area is 102 Å². The average Bonchev–Trinajstić information content (AvgIpc) is 2.79. The molecule has 0 aromatic carbocycles. The summed E-state index contributed by atoms with van der Waals surface area (Å²) in [7, 11) is 1.92. The second-order valence-electron chi connectivity index (χ2n) is 4.40. The first-order chi connectivity index (χ1) is 8.40. The Morgan fingerprint density at radius 3 is 3.18 bits per heavy atom. The zero-order valence-electron chi connectivity index (χ0n) is 10.4. The van der Waals surface area contributed by atoms with Crippen LogP contribution in [0.4, 0.5) is 0 Å². The highest BCUT2D eigenvalue weighted by Gasteiger charge is 2.14. The highest BCUT2D eigenvalue weighted by atomic mass is 16.5. The van der Waals surface area contributed by atoms with Gasteiger partial charge in [-0.25, -0.2) is 0 Å². The molecule has 0 bridgehead atoms. The molecule has 17 heavy (non-hydrogen) atoms. The zero-order chi connectivity index (χ0) is 11.9. The standard InChI is InChI=1S/C13H21NO3/c1-14-8-11-5-7-17-13(11)10-15-9-12-4-2-3-6-16-12/h5,7,12,14H,2-4,6,8-10H2,1H3. The molecule has 96 valence electrons. The maximum Gasteiger partial charge on any atom is 0.133 e. The van der Waals surface area contributed by atoms with Gasteiger partial charge in [0, 0.05) is 18.7 Å². The van der Waals surface area contributed by atoms with Gasteiger partial charge in [-0.2, -0.15) is 0 Å². The third kappa shape index (κ3) is 3.84. The second kappa shape index (κ2) is 6.79. The molecule has 1 saturated heterocycles. The predicted molar refractivity (Wildman–Crippen MR) is 64.7 cm³/mol. The molecule has 2 rings (SSSR count). The quantitative estimate of drug-likeness (QED) is 0.825. The van der Waals surface area contributed by atoms with Crippen LogP contribution >= 0.6 is 0 Å². The van der Waals surface area contributed by atoms with E-state index in [1.54, 1.807) is 6.26 Å². The van der Waals surface area contributed by atoms with Gasteiger partial charge in [-0.1, -0.05) is 0 Å². The first-order valence-electron chi connectivity index (χ1n) is 6.29. The molecular formula is C13H21NO3. The molecule has 1 unspecified atom stereocenters. The maximum absolute atomic E-state index is 5.66. The van der Waals surface area contributed by atoms with Crippen molar-refractivity contribution in [1.82, 2.24) is 5.32 Å². The van der Waals surface area contributed by atoms with Crippen LogP contribution in [0, 0.1) is 0 Å². The van der Waals surface area contributed by atoms with E-state index in [0.29, 0.717) is 13.2 Å². The van der Waals surface area contributed by atoms with Crippen LogP contribution in [-0.4, -0.2) is 26.4 Å². The van der Waals surface area contributed by atoms with Crippen molar-refractivity contribution in [3.05, 3.63) is 23.7 Å². The molecule has 0 amide bonds. The minimum absolute atomic E-state index is 0.270. The Morgan fingerprint density at radius 2 is 2.41 bits per heavy atom. The normalized spacial score (nSPS) is 20.6. The molecule has 1 aromatic rings. The van der Waals surface area contributed by atoms with Crippen molar-refractivity contribution in [2.24, 2.45) is 0 Å². The third-order valence-electron chi connectivity index (χ3n) is 3.02. The average molecular weight is 239 g/mol. The van der Waals surface area contributed by atoms with E-state index >= 15 is 0 Å². The van der Waals surface area contributed by atoms with Gasteiger partial charge in [0.1, 0.15) is 12.4 Å². The lowest BCUT2D eigenvalue weighted by Gasteiger charge is -2.22. The number of hydrogen-bond donors (Lipinski definition) is 1. The highest BCUT2D eigenvalue weighted by molar-refractivity contribution is 5.15. The molecule has 4 nitrogen and oxygen atoms in total. The molecule has 1 aliphatic heterocycles. The van der Waals surface area contributed by atoms with Gasteiger partial charge in [-0.3, -0.25) is 0 Å². The van der Waals surface area contributed by atoms with Crippen molar-refractivity contribution in [1.29, 1.82) is 0 Å². The number of furan rings is 1. The summed E-state index contributed by atoms with van der Waals surface area (Å²) in [6.45, 7) is 2.89. The van der Waals surface area contributed by atoms with Gasteiger partial charge >= 0.3 is 0 Å². The van der Waals surface area contributed by atoms with Gasteiger partial charge < -0.3 is 19.2 Å². The number of nitrogens with one attached hydrogen (secondary N) is 1. The monoisotopic (exact) mass is 239 g/mol. The zero-order valence-corrected chi connectivity index (χ0v) is 10.4. The Hall–Kier alpha value is -0.840. The lowest BCUT2D eigenvalue weighted by molar-refractivity contribution is -0.0473. The van der Waals surface area contributed by atoms with Gasteiger partial charge in [0.05, 0.1) is 19.0 Å². The molecule has 1 fully saturated rings. The number of hydrogen-bond acceptors (Lipinski definition) is 4. The molecule has 0 radical (unpaired) electrons. The predicted octanol–water partition coefficient (Wildman–Crippen LogP) is 2.08. The van der Waals surface area contributed by atoms with Crippen LogP contribution in [0.1, 0.15) is 30.6 Å². The van der Waals surface area contributed by atoms with E-state index in [2.05, 4.69) is 5.32 Å². The van der Waals surface area contributed by atoms with Crippen LogP contribution in [-0.2, 0) is 22.6 Å². The first-order valence-corrected chi connectivity index (χ1v) is 6.29. The number of ether oxygens (including phenoxy) is 2. The summed E-state index contributed by atoms with van der Waals surface area (Å²) in [6, 6.07) is 1.98. The van der Waals surface area contributed by atoms with Crippen LogP contribution in [0.25, 0.3) is 0 Å².